The monoisotopic (exact) mass is 366 g/mol. The molecule has 140 valence electrons. The van der Waals surface area contributed by atoms with Gasteiger partial charge in [-0.2, -0.15) is 0 Å². The van der Waals surface area contributed by atoms with Gasteiger partial charge in [0.05, 0.1) is 5.52 Å². The lowest BCUT2D eigenvalue weighted by atomic mass is 10.1. The molecule has 1 aliphatic heterocycles. The number of carbonyl (C=O) groups is 1. The first-order chi connectivity index (χ1) is 13.2. The highest BCUT2D eigenvalue weighted by molar-refractivity contribution is 5.87. The lowest BCUT2D eigenvalue weighted by molar-refractivity contribution is -0.118. The number of aromatic nitrogens is 2. The van der Waals surface area contributed by atoms with E-state index in [1.54, 1.807) is 0 Å². The summed E-state index contributed by atoms with van der Waals surface area (Å²) in [6.07, 6.45) is 0. The van der Waals surface area contributed by atoms with Crippen LogP contribution in [0.1, 0.15) is 12.5 Å². The summed E-state index contributed by atoms with van der Waals surface area (Å²) in [6.45, 7) is 4.68. The Kier molecular flexibility index (Phi) is 4.93. The highest BCUT2D eigenvalue weighted by Gasteiger charge is 2.18. The van der Waals surface area contributed by atoms with Gasteiger partial charge in [-0.3, -0.25) is 4.79 Å². The van der Waals surface area contributed by atoms with Crippen LogP contribution in [0, 0.1) is 0 Å². The molecule has 7 nitrogen and oxygen atoms in total. The molecule has 0 fully saturated rings. The van der Waals surface area contributed by atoms with Crippen molar-refractivity contribution >= 4 is 16.9 Å². The van der Waals surface area contributed by atoms with Crippen LogP contribution >= 0.6 is 0 Å². The zero-order valence-corrected chi connectivity index (χ0v) is 15.2. The molecule has 7 heteroatoms. The minimum Gasteiger partial charge on any atom is -0.486 e. The Morgan fingerprint density at radius 3 is 2.96 bits per heavy atom. The molecule has 0 saturated carbocycles. The van der Waals surface area contributed by atoms with E-state index in [-0.39, 0.29) is 5.91 Å². The molecule has 0 spiro atoms. The Morgan fingerprint density at radius 1 is 1.19 bits per heavy atom. The Bertz CT molecular complexity index is 967. The van der Waals surface area contributed by atoms with Gasteiger partial charge in [-0.1, -0.05) is 18.2 Å². The molecule has 1 aliphatic rings. The molecule has 0 aliphatic carbocycles. The standard InChI is InChI=1S/C20H22N4O3/c1-13(25)22-8-7-21-12-14-3-2-4-15(11-14)20-23-16-5-6-17-19(18(16)24-20)27-10-9-26-17/h2-6,11,21H,7-10,12H2,1H3,(H,22,25)(H,23,24). The predicted octanol–water partition coefficient (Wildman–Crippen LogP) is 2.23. The molecule has 3 N–H and O–H groups in total. The Morgan fingerprint density at radius 2 is 2.07 bits per heavy atom. The molecular formula is C20H22N4O3. The first kappa shape index (κ1) is 17.4. The van der Waals surface area contributed by atoms with Gasteiger partial charge in [0.25, 0.3) is 0 Å². The zero-order valence-electron chi connectivity index (χ0n) is 15.2. The molecule has 1 amide bonds. The van der Waals surface area contributed by atoms with Gasteiger partial charge in [0.1, 0.15) is 24.6 Å². The number of rotatable bonds is 6. The van der Waals surface area contributed by atoms with Crippen LogP contribution in [-0.2, 0) is 11.3 Å². The number of ether oxygens (including phenoxy) is 2. The molecule has 0 radical (unpaired) electrons. The summed E-state index contributed by atoms with van der Waals surface area (Å²) < 4.78 is 11.4. The third kappa shape index (κ3) is 3.88. The van der Waals surface area contributed by atoms with Gasteiger partial charge in [0.15, 0.2) is 11.5 Å². The van der Waals surface area contributed by atoms with E-state index in [1.807, 2.05) is 24.3 Å². The maximum Gasteiger partial charge on any atom is 0.216 e. The summed E-state index contributed by atoms with van der Waals surface area (Å²) in [7, 11) is 0. The largest absolute Gasteiger partial charge is 0.486 e. The average Bonchev–Trinajstić information content (AvgIpc) is 3.13. The second kappa shape index (κ2) is 7.67. The SMILES string of the molecule is CC(=O)NCCNCc1cccc(-c2nc3c4c(ccc3[nH]2)OCCO4)c1. The van der Waals surface area contributed by atoms with Crippen LogP contribution < -0.4 is 20.1 Å². The maximum absolute atomic E-state index is 10.9. The van der Waals surface area contributed by atoms with E-state index < -0.39 is 0 Å². The fourth-order valence-corrected chi connectivity index (χ4v) is 3.11. The molecule has 0 atom stereocenters. The summed E-state index contributed by atoms with van der Waals surface area (Å²) in [4.78, 5) is 19.0. The number of imidazole rings is 1. The minimum absolute atomic E-state index is 0.0137. The Hall–Kier alpha value is -3.06. The molecule has 2 aromatic carbocycles. The first-order valence-electron chi connectivity index (χ1n) is 9.03. The zero-order chi connectivity index (χ0) is 18.6. The van der Waals surface area contributed by atoms with Gasteiger partial charge in [-0.25, -0.2) is 4.98 Å². The molecular weight excluding hydrogens is 344 g/mol. The average molecular weight is 366 g/mol. The summed E-state index contributed by atoms with van der Waals surface area (Å²) in [6, 6.07) is 12.1. The molecule has 27 heavy (non-hydrogen) atoms. The molecule has 2 heterocycles. The number of hydrogen-bond donors (Lipinski definition) is 3. The quantitative estimate of drug-likeness (QED) is 0.582. The highest BCUT2D eigenvalue weighted by Crippen LogP contribution is 2.37. The number of carbonyl (C=O) groups excluding carboxylic acids is 1. The summed E-state index contributed by atoms with van der Waals surface area (Å²) in [5.41, 5.74) is 3.88. The van der Waals surface area contributed by atoms with Crippen LogP contribution in [0.3, 0.4) is 0 Å². The minimum atomic E-state index is -0.0137. The summed E-state index contributed by atoms with van der Waals surface area (Å²) >= 11 is 0. The van der Waals surface area contributed by atoms with Crippen LogP contribution in [-0.4, -0.2) is 42.2 Å². The molecule has 0 unspecified atom stereocenters. The summed E-state index contributed by atoms with van der Waals surface area (Å²) in [5, 5.41) is 6.09. The molecule has 3 aromatic rings. The van der Waals surface area contributed by atoms with E-state index in [0.29, 0.717) is 25.5 Å². The number of hydrogen-bond acceptors (Lipinski definition) is 5. The van der Waals surface area contributed by atoms with Crippen LogP contribution in [0.25, 0.3) is 22.4 Å². The topological polar surface area (TPSA) is 88.3 Å². The van der Waals surface area contributed by atoms with Gasteiger partial charge in [0, 0.05) is 32.1 Å². The Labute approximate surface area is 157 Å². The number of fused-ring (bicyclic) bond motifs is 3. The summed E-state index contributed by atoms with van der Waals surface area (Å²) in [5.74, 6) is 2.23. The molecule has 0 bridgehead atoms. The van der Waals surface area contributed by atoms with E-state index in [4.69, 9.17) is 14.5 Å². The fourth-order valence-electron chi connectivity index (χ4n) is 3.11. The van der Waals surface area contributed by atoms with E-state index in [0.717, 1.165) is 46.8 Å². The van der Waals surface area contributed by atoms with Crippen molar-refractivity contribution in [2.45, 2.75) is 13.5 Å². The van der Waals surface area contributed by atoms with Crippen molar-refractivity contribution in [3.05, 3.63) is 42.0 Å². The maximum atomic E-state index is 10.9. The predicted molar refractivity (Wildman–Crippen MR) is 103 cm³/mol. The van der Waals surface area contributed by atoms with Crippen molar-refractivity contribution in [1.29, 1.82) is 0 Å². The van der Waals surface area contributed by atoms with Gasteiger partial charge in [0.2, 0.25) is 5.91 Å². The van der Waals surface area contributed by atoms with Crippen LogP contribution in [0.4, 0.5) is 0 Å². The van der Waals surface area contributed by atoms with E-state index >= 15 is 0 Å². The smallest absolute Gasteiger partial charge is 0.216 e. The normalized spacial score (nSPS) is 12.9. The van der Waals surface area contributed by atoms with Gasteiger partial charge < -0.3 is 25.1 Å². The van der Waals surface area contributed by atoms with Crippen molar-refractivity contribution in [2.24, 2.45) is 0 Å². The number of nitrogens with zero attached hydrogens (tertiary/aromatic N) is 1. The third-order valence-corrected chi connectivity index (χ3v) is 4.36. The number of nitrogens with one attached hydrogen (secondary N) is 3. The van der Waals surface area contributed by atoms with Gasteiger partial charge in [-0.15, -0.1) is 0 Å². The van der Waals surface area contributed by atoms with E-state index in [9.17, 15) is 4.79 Å². The van der Waals surface area contributed by atoms with Crippen LogP contribution in [0.5, 0.6) is 11.5 Å². The lowest BCUT2D eigenvalue weighted by Gasteiger charge is -2.17. The molecule has 0 saturated heterocycles. The fraction of sp³-hybridized carbons (Fsp3) is 0.300. The van der Waals surface area contributed by atoms with Crippen molar-refractivity contribution in [3.8, 4) is 22.9 Å². The van der Waals surface area contributed by atoms with Crippen LogP contribution in [0.15, 0.2) is 36.4 Å². The number of benzene rings is 2. The highest BCUT2D eigenvalue weighted by atomic mass is 16.6. The van der Waals surface area contributed by atoms with E-state index in [2.05, 4.69) is 27.8 Å². The van der Waals surface area contributed by atoms with Gasteiger partial charge in [-0.05, 0) is 23.8 Å². The molecule has 4 rings (SSSR count). The number of amides is 1. The lowest BCUT2D eigenvalue weighted by Crippen LogP contribution is -2.29. The second-order valence-electron chi connectivity index (χ2n) is 6.43. The Balaban J connectivity index is 1.51. The van der Waals surface area contributed by atoms with Crippen molar-refractivity contribution < 1.29 is 14.3 Å². The van der Waals surface area contributed by atoms with Crippen molar-refractivity contribution in [3.63, 3.8) is 0 Å². The first-order valence-corrected chi connectivity index (χ1v) is 9.03. The number of H-pyrrole nitrogens is 1. The third-order valence-electron chi connectivity index (χ3n) is 4.36. The van der Waals surface area contributed by atoms with Crippen molar-refractivity contribution in [2.75, 3.05) is 26.3 Å². The molecule has 1 aromatic heterocycles. The van der Waals surface area contributed by atoms with Crippen molar-refractivity contribution in [1.82, 2.24) is 20.6 Å². The van der Waals surface area contributed by atoms with Crippen LogP contribution in [0.2, 0.25) is 0 Å². The van der Waals surface area contributed by atoms with Gasteiger partial charge >= 0.3 is 0 Å². The van der Waals surface area contributed by atoms with E-state index in [1.165, 1.54) is 6.92 Å². The second-order valence-corrected chi connectivity index (χ2v) is 6.43. The number of aromatic amines is 1.